The van der Waals surface area contributed by atoms with Gasteiger partial charge in [0.15, 0.2) is 0 Å². The molecule has 0 saturated carbocycles. The lowest BCUT2D eigenvalue weighted by molar-refractivity contribution is 0.0388. The molecule has 1 saturated heterocycles. The number of ether oxygens (including phenoxy) is 1. The number of carbonyl (C=O) groups is 1. The molecule has 1 aliphatic rings. The predicted octanol–water partition coefficient (Wildman–Crippen LogP) is 3.57. The number of cyclic esters (lactones) is 1. The van der Waals surface area contributed by atoms with E-state index in [1.54, 1.807) is 0 Å². The lowest BCUT2D eigenvalue weighted by atomic mass is 9.80. The third-order valence-electron chi connectivity index (χ3n) is 2.84. The molecule has 2 rings (SSSR count). The molecule has 94 valence electrons. The summed E-state index contributed by atoms with van der Waals surface area (Å²) in [6.45, 7) is 4.48. The molecule has 1 N–H and O–H groups in total. The molecule has 0 aliphatic carbocycles. The van der Waals surface area contributed by atoms with Crippen LogP contribution in [0.4, 0.5) is 4.79 Å². The van der Waals surface area contributed by atoms with E-state index in [0.717, 1.165) is 5.56 Å². The van der Waals surface area contributed by atoms with Crippen molar-refractivity contribution < 1.29 is 9.53 Å². The highest BCUT2D eigenvalue weighted by Crippen LogP contribution is 2.38. The largest absolute Gasteiger partial charge is 0.449 e. The van der Waals surface area contributed by atoms with Crippen molar-refractivity contribution in [1.29, 1.82) is 0 Å². The standard InChI is InChI=1S/C12H14ClNO2.ClH/c1-12(2)7-16-11(15)14-10(12)8-5-3-4-6-9(8)13;/h3-6,10H,7H2,1-2H3,(H,14,15);1H/t10-;/m1./s1. The van der Waals surface area contributed by atoms with Crippen LogP contribution in [-0.2, 0) is 4.74 Å². The molecule has 5 heteroatoms. The van der Waals surface area contributed by atoms with Crippen LogP contribution in [-0.4, -0.2) is 12.7 Å². The summed E-state index contributed by atoms with van der Waals surface area (Å²) in [5.41, 5.74) is 0.768. The fraction of sp³-hybridized carbons (Fsp3) is 0.417. The van der Waals surface area contributed by atoms with E-state index in [2.05, 4.69) is 5.32 Å². The molecular formula is C12H15Cl2NO2. The van der Waals surface area contributed by atoms with Crippen molar-refractivity contribution in [3.05, 3.63) is 34.9 Å². The Bertz CT molecular complexity index is 421. The second kappa shape index (κ2) is 5.15. The van der Waals surface area contributed by atoms with Crippen molar-refractivity contribution in [3.63, 3.8) is 0 Å². The van der Waals surface area contributed by atoms with Crippen LogP contribution < -0.4 is 5.32 Å². The van der Waals surface area contributed by atoms with Gasteiger partial charge in [-0.1, -0.05) is 43.6 Å². The molecule has 0 aromatic heterocycles. The number of amides is 1. The highest BCUT2D eigenvalue weighted by molar-refractivity contribution is 6.31. The minimum Gasteiger partial charge on any atom is -0.449 e. The van der Waals surface area contributed by atoms with Gasteiger partial charge >= 0.3 is 6.09 Å². The van der Waals surface area contributed by atoms with Crippen LogP contribution in [0.3, 0.4) is 0 Å². The van der Waals surface area contributed by atoms with E-state index in [1.165, 1.54) is 0 Å². The first kappa shape index (κ1) is 14.1. The van der Waals surface area contributed by atoms with Crippen LogP contribution in [0.2, 0.25) is 5.02 Å². The number of nitrogens with one attached hydrogen (secondary N) is 1. The third-order valence-corrected chi connectivity index (χ3v) is 3.18. The molecule has 1 aliphatic heterocycles. The van der Waals surface area contributed by atoms with E-state index < -0.39 is 0 Å². The summed E-state index contributed by atoms with van der Waals surface area (Å²) in [6.07, 6.45) is -0.385. The molecule has 1 heterocycles. The van der Waals surface area contributed by atoms with Crippen molar-refractivity contribution >= 4 is 30.1 Å². The topological polar surface area (TPSA) is 38.3 Å². The lowest BCUT2D eigenvalue weighted by Gasteiger charge is -2.38. The lowest BCUT2D eigenvalue weighted by Crippen LogP contribution is -2.47. The van der Waals surface area contributed by atoms with Gasteiger partial charge in [0.1, 0.15) is 6.61 Å². The number of hydrogen-bond donors (Lipinski definition) is 1. The molecule has 1 amide bonds. The zero-order valence-electron chi connectivity index (χ0n) is 9.70. The monoisotopic (exact) mass is 275 g/mol. The summed E-state index contributed by atoms with van der Waals surface area (Å²) >= 11 is 6.14. The molecular weight excluding hydrogens is 261 g/mol. The van der Waals surface area contributed by atoms with Gasteiger partial charge in [-0.15, -0.1) is 12.4 Å². The second-order valence-corrected chi connectivity index (χ2v) is 5.07. The van der Waals surface area contributed by atoms with Gasteiger partial charge in [0.2, 0.25) is 0 Å². The van der Waals surface area contributed by atoms with E-state index >= 15 is 0 Å². The Morgan fingerprint density at radius 3 is 2.71 bits per heavy atom. The molecule has 17 heavy (non-hydrogen) atoms. The maximum atomic E-state index is 11.3. The number of hydrogen-bond acceptors (Lipinski definition) is 2. The predicted molar refractivity (Wildman–Crippen MR) is 69.7 cm³/mol. The molecule has 0 spiro atoms. The number of carbonyl (C=O) groups excluding carboxylic acids is 1. The van der Waals surface area contributed by atoms with E-state index in [4.69, 9.17) is 16.3 Å². The van der Waals surface area contributed by atoms with Crippen LogP contribution in [0.1, 0.15) is 25.5 Å². The molecule has 1 atom stereocenters. The van der Waals surface area contributed by atoms with Gasteiger partial charge in [-0.3, -0.25) is 0 Å². The number of benzene rings is 1. The van der Waals surface area contributed by atoms with Crippen LogP contribution >= 0.6 is 24.0 Å². The average Bonchev–Trinajstić information content (AvgIpc) is 2.23. The van der Waals surface area contributed by atoms with E-state index in [0.29, 0.717) is 11.6 Å². The van der Waals surface area contributed by atoms with Gasteiger partial charge in [0, 0.05) is 10.4 Å². The van der Waals surface area contributed by atoms with Crippen LogP contribution in [0.5, 0.6) is 0 Å². The van der Waals surface area contributed by atoms with E-state index in [1.807, 2.05) is 38.1 Å². The first-order valence-electron chi connectivity index (χ1n) is 5.18. The molecule has 0 unspecified atom stereocenters. The quantitative estimate of drug-likeness (QED) is 0.851. The van der Waals surface area contributed by atoms with E-state index in [-0.39, 0.29) is 30.0 Å². The Morgan fingerprint density at radius 1 is 1.41 bits per heavy atom. The van der Waals surface area contributed by atoms with Gasteiger partial charge in [0.05, 0.1) is 6.04 Å². The normalized spacial score (nSPS) is 22.1. The van der Waals surface area contributed by atoms with Crippen molar-refractivity contribution in [2.75, 3.05) is 6.61 Å². The fourth-order valence-electron chi connectivity index (χ4n) is 1.90. The minimum atomic E-state index is -0.385. The molecule has 1 aromatic rings. The molecule has 0 radical (unpaired) electrons. The Labute approximate surface area is 112 Å². The van der Waals surface area contributed by atoms with Gasteiger partial charge in [-0.05, 0) is 11.6 Å². The van der Waals surface area contributed by atoms with Crippen LogP contribution in [0.25, 0.3) is 0 Å². The van der Waals surface area contributed by atoms with Crippen molar-refractivity contribution in [3.8, 4) is 0 Å². The summed E-state index contributed by atoms with van der Waals surface area (Å²) in [6, 6.07) is 7.44. The maximum Gasteiger partial charge on any atom is 0.407 e. The number of alkyl carbamates (subject to hydrolysis) is 1. The molecule has 1 fully saturated rings. The first-order chi connectivity index (χ1) is 7.50. The number of halogens is 2. The summed E-state index contributed by atoms with van der Waals surface area (Å²) in [5.74, 6) is 0. The minimum absolute atomic E-state index is 0. The fourth-order valence-corrected chi connectivity index (χ4v) is 2.14. The Balaban J connectivity index is 0.00000144. The summed E-state index contributed by atoms with van der Waals surface area (Å²) in [5, 5.41) is 3.49. The SMILES string of the molecule is CC1(C)COC(=O)N[C@@H]1c1ccccc1Cl.Cl. The smallest absolute Gasteiger partial charge is 0.407 e. The Kier molecular flexibility index (Phi) is 4.28. The summed E-state index contributed by atoms with van der Waals surface area (Å²) in [4.78, 5) is 11.3. The Morgan fingerprint density at radius 2 is 2.06 bits per heavy atom. The van der Waals surface area contributed by atoms with Crippen molar-refractivity contribution in [2.45, 2.75) is 19.9 Å². The van der Waals surface area contributed by atoms with Gasteiger partial charge in [0.25, 0.3) is 0 Å². The molecule has 1 aromatic carbocycles. The second-order valence-electron chi connectivity index (χ2n) is 4.66. The average molecular weight is 276 g/mol. The van der Waals surface area contributed by atoms with E-state index in [9.17, 15) is 4.79 Å². The first-order valence-corrected chi connectivity index (χ1v) is 5.56. The maximum absolute atomic E-state index is 11.3. The third kappa shape index (κ3) is 2.85. The molecule has 3 nitrogen and oxygen atoms in total. The Hall–Kier alpha value is -0.930. The van der Waals surface area contributed by atoms with Gasteiger partial charge < -0.3 is 10.1 Å². The summed E-state index contributed by atoms with van der Waals surface area (Å²) < 4.78 is 4.99. The zero-order valence-corrected chi connectivity index (χ0v) is 11.3. The number of rotatable bonds is 1. The summed E-state index contributed by atoms with van der Waals surface area (Å²) in [7, 11) is 0. The highest BCUT2D eigenvalue weighted by Gasteiger charge is 2.38. The van der Waals surface area contributed by atoms with Gasteiger partial charge in [-0.2, -0.15) is 0 Å². The van der Waals surface area contributed by atoms with Gasteiger partial charge in [-0.25, -0.2) is 4.79 Å². The zero-order chi connectivity index (χ0) is 11.8. The molecule has 0 bridgehead atoms. The van der Waals surface area contributed by atoms with Crippen LogP contribution in [0, 0.1) is 5.41 Å². The van der Waals surface area contributed by atoms with Crippen LogP contribution in [0.15, 0.2) is 24.3 Å². The van der Waals surface area contributed by atoms with Crippen molar-refractivity contribution in [1.82, 2.24) is 5.32 Å². The van der Waals surface area contributed by atoms with Crippen molar-refractivity contribution in [2.24, 2.45) is 5.41 Å². The highest BCUT2D eigenvalue weighted by atomic mass is 35.5.